The van der Waals surface area contributed by atoms with Crippen LogP contribution in [0.3, 0.4) is 0 Å². The molecule has 0 heterocycles. The van der Waals surface area contributed by atoms with Crippen molar-refractivity contribution in [3.63, 3.8) is 0 Å². The molecule has 7 heteroatoms. The zero-order chi connectivity index (χ0) is 15.8. The van der Waals surface area contributed by atoms with Crippen molar-refractivity contribution in [1.82, 2.24) is 0 Å². The first-order valence-electron chi connectivity index (χ1n) is 6.43. The molecular weight excluding hydrogens is 352 g/mol. The molecule has 22 heavy (non-hydrogen) atoms. The van der Waals surface area contributed by atoms with Gasteiger partial charge in [0.2, 0.25) is 0 Å². The lowest BCUT2D eigenvalue weighted by Crippen LogP contribution is -2.04. The Kier molecular flexibility index (Phi) is 5.91. The Morgan fingerprint density at radius 1 is 1.18 bits per heavy atom. The number of benzene rings is 2. The molecule has 0 fully saturated rings. The molecule has 2 rings (SSSR count). The first kappa shape index (κ1) is 16.0. The highest BCUT2D eigenvalue weighted by atomic mass is 79.9. The summed E-state index contributed by atoms with van der Waals surface area (Å²) < 4.78 is 6.41. The van der Waals surface area contributed by atoms with Gasteiger partial charge in [0.15, 0.2) is 6.61 Å². The fourth-order valence-electron chi connectivity index (χ4n) is 1.62. The third kappa shape index (κ3) is 5.17. The summed E-state index contributed by atoms with van der Waals surface area (Å²) in [6.07, 6.45) is 1.42. The van der Waals surface area contributed by atoms with E-state index in [-0.39, 0.29) is 12.3 Å². The molecule has 0 saturated carbocycles. The van der Waals surface area contributed by atoms with Gasteiger partial charge in [-0.3, -0.25) is 10.1 Å². The second-order valence-electron chi connectivity index (χ2n) is 4.23. The molecule has 0 aliphatic heterocycles. The Morgan fingerprint density at radius 3 is 2.77 bits per heavy atom. The van der Waals surface area contributed by atoms with Gasteiger partial charge < -0.3 is 9.57 Å². The van der Waals surface area contributed by atoms with Crippen LogP contribution in [0.1, 0.15) is 5.56 Å². The molecule has 0 spiro atoms. The average molecular weight is 365 g/mol. The number of ether oxygens (including phenoxy) is 1. The van der Waals surface area contributed by atoms with Crippen LogP contribution in [0, 0.1) is 10.1 Å². The van der Waals surface area contributed by atoms with Crippen molar-refractivity contribution in [2.45, 2.75) is 0 Å². The highest BCUT2D eigenvalue weighted by Gasteiger charge is 2.03. The number of nitro groups is 1. The van der Waals surface area contributed by atoms with E-state index in [2.05, 4.69) is 21.1 Å². The van der Waals surface area contributed by atoms with Crippen molar-refractivity contribution in [3.05, 3.63) is 68.7 Å². The van der Waals surface area contributed by atoms with Crippen LogP contribution in [0.5, 0.6) is 5.75 Å². The van der Waals surface area contributed by atoms with Crippen LogP contribution in [0.2, 0.25) is 0 Å². The maximum atomic E-state index is 10.6. The summed E-state index contributed by atoms with van der Waals surface area (Å²) >= 11 is 3.36. The highest BCUT2D eigenvalue weighted by Crippen LogP contribution is 2.17. The van der Waals surface area contributed by atoms with Crippen LogP contribution in [-0.2, 0) is 4.84 Å². The summed E-state index contributed by atoms with van der Waals surface area (Å²) in [5, 5.41) is 14.4. The minimum Gasteiger partial charge on any atom is -0.490 e. The van der Waals surface area contributed by atoms with E-state index in [0.717, 1.165) is 10.2 Å². The highest BCUT2D eigenvalue weighted by molar-refractivity contribution is 9.10. The zero-order valence-corrected chi connectivity index (χ0v) is 13.1. The van der Waals surface area contributed by atoms with E-state index in [1.165, 1.54) is 18.3 Å². The number of nitro benzene ring substituents is 1. The van der Waals surface area contributed by atoms with Crippen molar-refractivity contribution < 1.29 is 14.5 Å². The van der Waals surface area contributed by atoms with Gasteiger partial charge in [0.1, 0.15) is 12.4 Å². The van der Waals surface area contributed by atoms with E-state index in [1.807, 2.05) is 24.3 Å². The summed E-state index contributed by atoms with van der Waals surface area (Å²) in [4.78, 5) is 15.2. The first-order chi connectivity index (χ1) is 10.6. The van der Waals surface area contributed by atoms with Crippen LogP contribution < -0.4 is 4.74 Å². The molecule has 6 nitrogen and oxygen atoms in total. The van der Waals surface area contributed by atoms with E-state index >= 15 is 0 Å². The topological polar surface area (TPSA) is 74.0 Å². The average Bonchev–Trinajstić information content (AvgIpc) is 2.51. The van der Waals surface area contributed by atoms with Gasteiger partial charge in [0.25, 0.3) is 5.69 Å². The normalized spacial score (nSPS) is 10.6. The molecule has 0 aliphatic rings. The van der Waals surface area contributed by atoms with E-state index in [0.29, 0.717) is 12.2 Å². The van der Waals surface area contributed by atoms with Crippen molar-refractivity contribution in [2.75, 3.05) is 13.2 Å². The number of hydrogen-bond acceptors (Lipinski definition) is 5. The molecule has 0 aromatic heterocycles. The van der Waals surface area contributed by atoms with Crippen molar-refractivity contribution in [2.24, 2.45) is 5.16 Å². The third-order valence-corrected chi connectivity index (χ3v) is 3.09. The van der Waals surface area contributed by atoms with Gasteiger partial charge in [-0.25, -0.2) is 0 Å². The van der Waals surface area contributed by atoms with Crippen LogP contribution in [-0.4, -0.2) is 24.4 Å². The maximum absolute atomic E-state index is 10.6. The number of oxime groups is 1. The Balaban J connectivity index is 1.74. The molecule has 0 saturated heterocycles. The molecule has 0 amide bonds. The smallest absolute Gasteiger partial charge is 0.270 e. The lowest BCUT2D eigenvalue weighted by Gasteiger charge is -2.05. The van der Waals surface area contributed by atoms with Gasteiger partial charge in [0, 0.05) is 22.2 Å². The second-order valence-corrected chi connectivity index (χ2v) is 5.14. The fourth-order valence-corrected chi connectivity index (χ4v) is 2.00. The van der Waals surface area contributed by atoms with E-state index in [9.17, 15) is 10.1 Å². The van der Waals surface area contributed by atoms with E-state index in [4.69, 9.17) is 9.57 Å². The Morgan fingerprint density at radius 2 is 2.00 bits per heavy atom. The zero-order valence-electron chi connectivity index (χ0n) is 11.5. The Bertz CT molecular complexity index is 676. The maximum Gasteiger partial charge on any atom is 0.270 e. The molecule has 0 bridgehead atoms. The van der Waals surface area contributed by atoms with E-state index in [1.54, 1.807) is 12.1 Å². The van der Waals surface area contributed by atoms with Gasteiger partial charge in [-0.15, -0.1) is 0 Å². The summed E-state index contributed by atoms with van der Waals surface area (Å²) in [6, 6.07) is 13.6. The van der Waals surface area contributed by atoms with E-state index < -0.39 is 4.92 Å². The molecule has 0 aliphatic carbocycles. The number of non-ortho nitro benzene ring substituents is 1. The quantitative estimate of drug-likeness (QED) is 0.324. The summed E-state index contributed by atoms with van der Waals surface area (Å²) in [7, 11) is 0. The van der Waals surface area contributed by atoms with Crippen LogP contribution in [0.25, 0.3) is 0 Å². The molecule has 114 valence electrons. The van der Waals surface area contributed by atoms with Gasteiger partial charge >= 0.3 is 0 Å². The minimum atomic E-state index is -0.454. The number of halogens is 1. The lowest BCUT2D eigenvalue weighted by atomic mass is 10.2. The second kappa shape index (κ2) is 8.14. The summed E-state index contributed by atoms with van der Waals surface area (Å²) in [5.41, 5.74) is 0.615. The van der Waals surface area contributed by atoms with Crippen LogP contribution in [0.4, 0.5) is 5.69 Å². The monoisotopic (exact) mass is 364 g/mol. The molecule has 2 aromatic carbocycles. The van der Waals surface area contributed by atoms with Gasteiger partial charge in [-0.2, -0.15) is 0 Å². The number of hydrogen-bond donors (Lipinski definition) is 0. The van der Waals surface area contributed by atoms with Gasteiger partial charge in [-0.1, -0.05) is 39.3 Å². The predicted octanol–water partition coefficient (Wildman–Crippen LogP) is 3.79. The largest absolute Gasteiger partial charge is 0.490 e. The van der Waals surface area contributed by atoms with Crippen molar-refractivity contribution >= 4 is 27.8 Å². The fraction of sp³-hybridized carbons (Fsp3) is 0.133. The SMILES string of the molecule is O=[N+]([O-])c1cccc(/C=N\OCCOc2cccc(Br)c2)c1. The molecular formula is C15H13BrN2O4. The van der Waals surface area contributed by atoms with Crippen LogP contribution >= 0.6 is 15.9 Å². The standard InChI is InChI=1S/C15H13BrN2O4/c16-13-4-2-6-15(10-13)21-7-8-22-17-11-12-3-1-5-14(9-12)18(19)20/h1-6,9-11H,7-8H2/b17-11-. The van der Waals surface area contributed by atoms with Gasteiger partial charge in [0.05, 0.1) is 11.1 Å². The third-order valence-electron chi connectivity index (χ3n) is 2.60. The molecule has 0 atom stereocenters. The van der Waals surface area contributed by atoms with Gasteiger partial charge in [-0.05, 0) is 18.2 Å². The first-order valence-corrected chi connectivity index (χ1v) is 7.22. The molecule has 0 radical (unpaired) electrons. The predicted molar refractivity (Wildman–Crippen MR) is 86.3 cm³/mol. The molecule has 0 unspecified atom stereocenters. The van der Waals surface area contributed by atoms with Crippen LogP contribution in [0.15, 0.2) is 58.2 Å². The summed E-state index contributed by atoms with van der Waals surface area (Å²) in [5.74, 6) is 0.737. The summed E-state index contributed by atoms with van der Waals surface area (Å²) in [6.45, 7) is 0.626. The van der Waals surface area contributed by atoms with Crippen molar-refractivity contribution in [3.8, 4) is 5.75 Å². The number of nitrogens with zero attached hydrogens (tertiary/aromatic N) is 2. The Labute approximate surface area is 135 Å². The lowest BCUT2D eigenvalue weighted by molar-refractivity contribution is -0.384. The van der Waals surface area contributed by atoms with Crippen molar-refractivity contribution in [1.29, 1.82) is 0 Å². The molecule has 2 aromatic rings. The minimum absolute atomic E-state index is 0.0157. The Hall–Kier alpha value is -2.41. The molecule has 0 N–H and O–H groups in total. The number of rotatable bonds is 7.